The molecule has 0 radical (unpaired) electrons. The van der Waals surface area contributed by atoms with Crippen molar-refractivity contribution in [3.63, 3.8) is 0 Å². The van der Waals surface area contributed by atoms with E-state index in [1.54, 1.807) is 26.6 Å². The molecule has 4 heteroatoms. The molecule has 0 amide bonds. The van der Waals surface area contributed by atoms with Gasteiger partial charge in [-0.05, 0) is 19.0 Å². The Morgan fingerprint density at radius 2 is 2.25 bits per heavy atom. The highest BCUT2D eigenvalue weighted by Crippen LogP contribution is 2.23. The van der Waals surface area contributed by atoms with E-state index in [2.05, 4.69) is 17.2 Å². The van der Waals surface area contributed by atoms with E-state index in [0.717, 1.165) is 24.3 Å². The minimum Gasteiger partial charge on any atom is -0.495 e. The first-order valence-electron chi connectivity index (χ1n) is 5.53. The number of ether oxygens (including phenoxy) is 2. The summed E-state index contributed by atoms with van der Waals surface area (Å²) in [5, 5.41) is 3.43. The third-order valence-electron chi connectivity index (χ3n) is 2.39. The van der Waals surface area contributed by atoms with E-state index in [9.17, 15) is 0 Å². The summed E-state index contributed by atoms with van der Waals surface area (Å²) in [6.45, 7) is 3.72. The Bertz CT molecular complexity index is 305. The zero-order valence-electron chi connectivity index (χ0n) is 10.2. The van der Waals surface area contributed by atoms with Gasteiger partial charge in [0.15, 0.2) is 0 Å². The van der Waals surface area contributed by atoms with E-state index in [1.807, 2.05) is 6.07 Å². The molecule has 0 aliphatic heterocycles. The van der Waals surface area contributed by atoms with E-state index in [0.29, 0.717) is 6.61 Å². The molecule has 1 atom stereocenters. The Labute approximate surface area is 97.0 Å². The lowest BCUT2D eigenvalue weighted by molar-refractivity contribution is 0.165. The average molecular weight is 224 g/mol. The monoisotopic (exact) mass is 224 g/mol. The van der Waals surface area contributed by atoms with Crippen molar-refractivity contribution in [2.24, 2.45) is 0 Å². The molecule has 1 unspecified atom stereocenters. The molecule has 0 aromatic carbocycles. The topological polar surface area (TPSA) is 43.4 Å². The number of nitrogens with one attached hydrogen (secondary N) is 1. The Balaban J connectivity index is 2.81. The lowest BCUT2D eigenvalue weighted by Gasteiger charge is -2.19. The lowest BCUT2D eigenvalue weighted by Crippen LogP contribution is -2.26. The number of nitrogens with zero attached hydrogens (tertiary/aromatic N) is 1. The second kappa shape index (κ2) is 7.19. The zero-order valence-corrected chi connectivity index (χ0v) is 10.2. The van der Waals surface area contributed by atoms with Crippen LogP contribution in [0.3, 0.4) is 0 Å². The zero-order chi connectivity index (χ0) is 11.8. The van der Waals surface area contributed by atoms with Crippen molar-refractivity contribution >= 4 is 0 Å². The van der Waals surface area contributed by atoms with Crippen LogP contribution >= 0.6 is 0 Å². The van der Waals surface area contributed by atoms with Crippen LogP contribution in [-0.4, -0.2) is 32.4 Å². The summed E-state index contributed by atoms with van der Waals surface area (Å²) in [5.74, 6) is 0.799. The number of aromatic nitrogens is 1. The molecule has 0 saturated heterocycles. The van der Waals surface area contributed by atoms with Gasteiger partial charge in [-0.3, -0.25) is 4.98 Å². The van der Waals surface area contributed by atoms with E-state index in [-0.39, 0.29) is 6.04 Å². The van der Waals surface area contributed by atoms with Crippen molar-refractivity contribution in [1.29, 1.82) is 0 Å². The van der Waals surface area contributed by atoms with Crippen molar-refractivity contribution in [1.82, 2.24) is 10.3 Å². The maximum Gasteiger partial charge on any atom is 0.142 e. The molecule has 90 valence electrons. The summed E-state index contributed by atoms with van der Waals surface area (Å²) in [4.78, 5) is 4.05. The highest BCUT2D eigenvalue weighted by molar-refractivity contribution is 5.32. The minimum atomic E-state index is 0.155. The summed E-state index contributed by atoms with van der Waals surface area (Å²) < 4.78 is 10.5. The predicted octanol–water partition coefficient (Wildman–Crippen LogP) is 1.78. The van der Waals surface area contributed by atoms with Crippen molar-refractivity contribution in [3.8, 4) is 5.75 Å². The highest BCUT2D eigenvalue weighted by Gasteiger charge is 2.14. The first-order valence-corrected chi connectivity index (χ1v) is 5.53. The maximum absolute atomic E-state index is 5.29. The molecule has 1 rings (SSSR count). The molecule has 1 aromatic heterocycles. The van der Waals surface area contributed by atoms with Gasteiger partial charge < -0.3 is 14.8 Å². The number of methoxy groups -OCH3 is 2. The van der Waals surface area contributed by atoms with Crippen LogP contribution in [0.15, 0.2) is 18.5 Å². The molecule has 16 heavy (non-hydrogen) atoms. The fourth-order valence-electron chi connectivity index (χ4n) is 1.59. The van der Waals surface area contributed by atoms with Gasteiger partial charge >= 0.3 is 0 Å². The highest BCUT2D eigenvalue weighted by atomic mass is 16.5. The van der Waals surface area contributed by atoms with Crippen LogP contribution in [0.5, 0.6) is 5.75 Å². The van der Waals surface area contributed by atoms with Crippen LogP contribution in [-0.2, 0) is 4.74 Å². The minimum absolute atomic E-state index is 0.155. The van der Waals surface area contributed by atoms with E-state index in [1.165, 1.54) is 0 Å². The molecular formula is C12H20N2O2. The molecule has 0 fully saturated rings. The Morgan fingerprint density at radius 1 is 1.44 bits per heavy atom. The standard InChI is InChI=1S/C12H20N2O2/c1-4-6-14-11(9-15-2)10-5-7-13-8-12(10)16-3/h5,7-8,11,14H,4,6,9H2,1-3H3. The summed E-state index contributed by atoms with van der Waals surface area (Å²) in [6.07, 6.45) is 4.59. The van der Waals surface area contributed by atoms with Crippen LogP contribution in [0, 0.1) is 0 Å². The van der Waals surface area contributed by atoms with Crippen LogP contribution in [0.1, 0.15) is 24.9 Å². The van der Waals surface area contributed by atoms with Gasteiger partial charge in [0, 0.05) is 18.9 Å². The third-order valence-corrected chi connectivity index (χ3v) is 2.39. The molecule has 4 nitrogen and oxygen atoms in total. The van der Waals surface area contributed by atoms with Gasteiger partial charge in [0.2, 0.25) is 0 Å². The van der Waals surface area contributed by atoms with Gasteiger partial charge in [0.1, 0.15) is 5.75 Å². The molecule has 0 bridgehead atoms. The summed E-state index contributed by atoms with van der Waals surface area (Å²) in [5.41, 5.74) is 1.09. The smallest absolute Gasteiger partial charge is 0.142 e. The average Bonchev–Trinajstić information content (AvgIpc) is 2.34. The maximum atomic E-state index is 5.29. The van der Waals surface area contributed by atoms with Gasteiger partial charge in [0.25, 0.3) is 0 Å². The largest absolute Gasteiger partial charge is 0.495 e. The molecule has 1 N–H and O–H groups in total. The predicted molar refractivity (Wildman–Crippen MR) is 63.7 cm³/mol. The van der Waals surface area contributed by atoms with Crippen molar-refractivity contribution < 1.29 is 9.47 Å². The second-order valence-electron chi connectivity index (χ2n) is 3.58. The lowest BCUT2D eigenvalue weighted by atomic mass is 10.1. The molecular weight excluding hydrogens is 204 g/mol. The SMILES string of the molecule is CCCNC(COC)c1ccncc1OC. The van der Waals surface area contributed by atoms with Gasteiger partial charge in [-0.15, -0.1) is 0 Å². The van der Waals surface area contributed by atoms with E-state index >= 15 is 0 Å². The van der Waals surface area contributed by atoms with Crippen molar-refractivity contribution in [2.45, 2.75) is 19.4 Å². The Morgan fingerprint density at radius 3 is 2.88 bits per heavy atom. The van der Waals surface area contributed by atoms with Gasteiger partial charge in [0.05, 0.1) is 26.0 Å². The summed E-state index contributed by atoms with van der Waals surface area (Å²) >= 11 is 0. The number of rotatable bonds is 7. The first-order chi connectivity index (χ1) is 7.83. The van der Waals surface area contributed by atoms with Gasteiger partial charge in [-0.25, -0.2) is 0 Å². The molecule has 0 saturated carbocycles. The molecule has 0 aliphatic rings. The van der Waals surface area contributed by atoms with E-state index < -0.39 is 0 Å². The van der Waals surface area contributed by atoms with E-state index in [4.69, 9.17) is 9.47 Å². The summed E-state index contributed by atoms with van der Waals surface area (Å²) in [7, 11) is 3.36. The van der Waals surface area contributed by atoms with Crippen LogP contribution in [0.2, 0.25) is 0 Å². The van der Waals surface area contributed by atoms with Gasteiger partial charge in [-0.1, -0.05) is 6.92 Å². The van der Waals surface area contributed by atoms with Crippen LogP contribution in [0.4, 0.5) is 0 Å². The molecule has 0 aliphatic carbocycles. The molecule has 1 heterocycles. The summed E-state index contributed by atoms with van der Waals surface area (Å²) in [6, 6.07) is 2.12. The quantitative estimate of drug-likeness (QED) is 0.766. The normalized spacial score (nSPS) is 12.4. The Hall–Kier alpha value is -1.13. The number of hydrogen-bond acceptors (Lipinski definition) is 4. The van der Waals surface area contributed by atoms with Crippen molar-refractivity contribution in [3.05, 3.63) is 24.0 Å². The van der Waals surface area contributed by atoms with Crippen molar-refractivity contribution in [2.75, 3.05) is 27.4 Å². The van der Waals surface area contributed by atoms with Crippen LogP contribution < -0.4 is 10.1 Å². The number of hydrogen-bond donors (Lipinski definition) is 1. The third kappa shape index (κ3) is 3.47. The Kier molecular flexibility index (Phi) is 5.82. The fraction of sp³-hybridized carbons (Fsp3) is 0.583. The second-order valence-corrected chi connectivity index (χ2v) is 3.58. The first kappa shape index (κ1) is 12.9. The fourth-order valence-corrected chi connectivity index (χ4v) is 1.59. The molecule has 1 aromatic rings. The van der Waals surface area contributed by atoms with Crippen LogP contribution in [0.25, 0.3) is 0 Å². The number of pyridine rings is 1. The van der Waals surface area contributed by atoms with Gasteiger partial charge in [-0.2, -0.15) is 0 Å². The molecule has 0 spiro atoms.